The zero-order valence-corrected chi connectivity index (χ0v) is 12.9. The Morgan fingerprint density at radius 2 is 2.12 bits per heavy atom. The van der Waals surface area contributed by atoms with Crippen molar-refractivity contribution >= 4 is 11.6 Å². The van der Waals surface area contributed by atoms with Crippen molar-refractivity contribution in [3.8, 4) is 0 Å². The van der Waals surface area contributed by atoms with Crippen LogP contribution in [0.2, 0.25) is 0 Å². The molecule has 0 saturated carbocycles. The lowest BCUT2D eigenvalue weighted by Crippen LogP contribution is -2.23. The molecule has 0 saturated heterocycles. The summed E-state index contributed by atoms with van der Waals surface area (Å²) in [6.07, 6.45) is -2.73. The van der Waals surface area contributed by atoms with Gasteiger partial charge in [0.05, 0.1) is 0 Å². The molecule has 0 fully saturated rings. The lowest BCUT2D eigenvalue weighted by molar-refractivity contribution is -0.141. The Morgan fingerprint density at radius 3 is 2.83 bits per heavy atom. The van der Waals surface area contributed by atoms with E-state index in [0.29, 0.717) is 24.5 Å². The van der Waals surface area contributed by atoms with Gasteiger partial charge in [-0.3, -0.25) is 4.79 Å². The molecule has 3 N–H and O–H groups in total. The van der Waals surface area contributed by atoms with E-state index >= 15 is 0 Å². The molecule has 1 aliphatic rings. The number of fused-ring (bicyclic) bond motifs is 1. The van der Waals surface area contributed by atoms with Gasteiger partial charge >= 0.3 is 6.18 Å². The van der Waals surface area contributed by atoms with Crippen molar-refractivity contribution in [1.82, 2.24) is 9.55 Å². The van der Waals surface area contributed by atoms with E-state index in [-0.39, 0.29) is 6.54 Å². The van der Waals surface area contributed by atoms with E-state index in [0.717, 1.165) is 18.4 Å². The number of aryl methyl sites for hydroxylation is 1. The van der Waals surface area contributed by atoms with Gasteiger partial charge in [-0.25, -0.2) is 4.98 Å². The molecule has 0 atom stereocenters. The fourth-order valence-corrected chi connectivity index (χ4v) is 2.88. The van der Waals surface area contributed by atoms with E-state index in [1.54, 1.807) is 24.3 Å². The molecule has 0 aliphatic carbocycles. The Morgan fingerprint density at radius 1 is 1.33 bits per heavy atom. The molecule has 0 radical (unpaired) electrons. The van der Waals surface area contributed by atoms with Gasteiger partial charge in [0.1, 0.15) is 11.5 Å². The zero-order valence-electron chi connectivity index (χ0n) is 12.9. The summed E-state index contributed by atoms with van der Waals surface area (Å²) in [4.78, 5) is 16.2. The first kappa shape index (κ1) is 16.5. The first-order valence-corrected chi connectivity index (χ1v) is 7.67. The van der Waals surface area contributed by atoms with Crippen LogP contribution < -0.4 is 11.1 Å². The molecular formula is C16H17F3N4O. The minimum atomic E-state index is -4.67. The third-order valence-corrected chi connectivity index (χ3v) is 3.98. The molecule has 0 unspecified atom stereocenters. The topological polar surface area (TPSA) is 72.9 Å². The summed E-state index contributed by atoms with van der Waals surface area (Å²) in [6, 6.07) is 6.71. The Bertz CT molecular complexity index is 767. The highest BCUT2D eigenvalue weighted by Gasteiger charge is 2.41. The number of carbonyl (C=O) groups is 1. The number of benzene rings is 1. The van der Waals surface area contributed by atoms with Crippen LogP contribution in [0.1, 0.15) is 40.4 Å². The molecule has 8 heteroatoms. The summed E-state index contributed by atoms with van der Waals surface area (Å²) in [6.45, 7) is 0.642. The van der Waals surface area contributed by atoms with Crippen LogP contribution in [0, 0.1) is 0 Å². The van der Waals surface area contributed by atoms with Crippen LogP contribution in [0.4, 0.5) is 18.9 Å². The molecule has 1 aromatic carbocycles. The zero-order chi connectivity index (χ0) is 17.3. The van der Waals surface area contributed by atoms with Crippen molar-refractivity contribution in [2.75, 3.05) is 5.32 Å². The fraction of sp³-hybridized carbons (Fsp3) is 0.375. The fourth-order valence-electron chi connectivity index (χ4n) is 2.88. The number of hydrogen-bond donors (Lipinski definition) is 2. The van der Waals surface area contributed by atoms with Gasteiger partial charge in [-0.2, -0.15) is 13.2 Å². The van der Waals surface area contributed by atoms with Gasteiger partial charge in [0, 0.05) is 25.2 Å². The van der Waals surface area contributed by atoms with Crippen LogP contribution in [0.5, 0.6) is 0 Å². The van der Waals surface area contributed by atoms with Gasteiger partial charge in [-0.15, -0.1) is 0 Å². The minimum Gasteiger partial charge on any atom is -0.326 e. The summed E-state index contributed by atoms with van der Waals surface area (Å²) in [5, 5.41) is 2.53. The number of imidazole rings is 1. The maximum atomic E-state index is 13.3. The minimum absolute atomic E-state index is 0.277. The maximum absolute atomic E-state index is 13.3. The molecule has 5 nitrogen and oxygen atoms in total. The highest BCUT2D eigenvalue weighted by atomic mass is 19.4. The number of carbonyl (C=O) groups excluding carboxylic acids is 1. The number of halogens is 3. The summed E-state index contributed by atoms with van der Waals surface area (Å²) in [5.74, 6) is -0.494. The lowest BCUT2D eigenvalue weighted by atomic mass is 10.1. The molecule has 1 amide bonds. The highest BCUT2D eigenvalue weighted by Crippen LogP contribution is 2.34. The van der Waals surface area contributed by atoms with Gasteiger partial charge in [-0.05, 0) is 30.5 Å². The van der Waals surface area contributed by atoms with Crippen molar-refractivity contribution in [1.29, 1.82) is 0 Å². The standard InChI is InChI=1S/C16H17F3N4O/c17-16(18,19)14-13(23-7-2-1-6-12(23)22-14)15(24)21-11-5-3-4-10(8-11)9-20/h3-5,8H,1-2,6-7,9,20H2,(H,21,24). The predicted molar refractivity (Wildman–Crippen MR) is 82.5 cm³/mol. The number of nitrogens with two attached hydrogens (primary N) is 1. The smallest absolute Gasteiger partial charge is 0.326 e. The van der Waals surface area contributed by atoms with E-state index in [9.17, 15) is 18.0 Å². The van der Waals surface area contributed by atoms with Crippen molar-refractivity contribution in [2.24, 2.45) is 5.73 Å². The Kier molecular flexibility index (Phi) is 4.31. The van der Waals surface area contributed by atoms with Gasteiger partial charge in [0.15, 0.2) is 5.69 Å². The molecule has 24 heavy (non-hydrogen) atoms. The molecule has 1 aliphatic heterocycles. The maximum Gasteiger partial charge on any atom is 0.435 e. The number of anilines is 1. The second-order valence-corrected chi connectivity index (χ2v) is 5.69. The molecule has 0 bridgehead atoms. The Balaban J connectivity index is 1.98. The Labute approximate surface area is 136 Å². The number of aromatic nitrogens is 2. The van der Waals surface area contributed by atoms with E-state index in [1.807, 2.05) is 0 Å². The van der Waals surface area contributed by atoms with Crippen molar-refractivity contribution in [3.05, 3.63) is 47.0 Å². The predicted octanol–water partition coefficient (Wildman–Crippen LogP) is 2.95. The number of amides is 1. The SMILES string of the molecule is NCc1cccc(NC(=O)c2c(C(F)(F)F)nc3n2CCCC3)c1. The third-order valence-electron chi connectivity index (χ3n) is 3.98. The van der Waals surface area contributed by atoms with Crippen LogP contribution in [0.25, 0.3) is 0 Å². The van der Waals surface area contributed by atoms with E-state index in [4.69, 9.17) is 5.73 Å². The summed E-state index contributed by atoms with van der Waals surface area (Å²) in [7, 11) is 0. The molecule has 1 aromatic heterocycles. The third kappa shape index (κ3) is 3.14. The van der Waals surface area contributed by atoms with Crippen LogP contribution in [-0.4, -0.2) is 15.5 Å². The van der Waals surface area contributed by atoms with Crippen molar-refractivity contribution in [2.45, 2.75) is 38.5 Å². The van der Waals surface area contributed by atoms with Crippen LogP contribution in [0.3, 0.4) is 0 Å². The number of alkyl halides is 3. The number of nitrogens with zero attached hydrogens (tertiary/aromatic N) is 2. The van der Waals surface area contributed by atoms with Crippen molar-refractivity contribution in [3.63, 3.8) is 0 Å². The second kappa shape index (κ2) is 6.27. The average molecular weight is 338 g/mol. The molecule has 128 valence electrons. The van der Waals surface area contributed by atoms with E-state index < -0.39 is 23.5 Å². The second-order valence-electron chi connectivity index (χ2n) is 5.69. The van der Waals surface area contributed by atoms with Gasteiger partial charge in [-0.1, -0.05) is 12.1 Å². The number of rotatable bonds is 3. The first-order valence-electron chi connectivity index (χ1n) is 7.67. The van der Waals surface area contributed by atoms with Gasteiger partial charge in [0.25, 0.3) is 5.91 Å². The summed E-state index contributed by atoms with van der Waals surface area (Å²) < 4.78 is 41.2. The Hall–Kier alpha value is -2.35. The molecule has 2 aromatic rings. The number of nitrogens with one attached hydrogen (secondary N) is 1. The van der Waals surface area contributed by atoms with Crippen LogP contribution >= 0.6 is 0 Å². The number of hydrogen-bond acceptors (Lipinski definition) is 3. The monoisotopic (exact) mass is 338 g/mol. The average Bonchev–Trinajstić information content (AvgIpc) is 2.95. The van der Waals surface area contributed by atoms with Crippen molar-refractivity contribution < 1.29 is 18.0 Å². The molecular weight excluding hydrogens is 321 g/mol. The van der Waals surface area contributed by atoms with E-state index in [2.05, 4.69) is 10.3 Å². The lowest BCUT2D eigenvalue weighted by Gasteiger charge is -2.16. The molecule has 0 spiro atoms. The summed E-state index contributed by atoms with van der Waals surface area (Å²) in [5.41, 5.74) is 5.18. The van der Waals surface area contributed by atoms with Crippen LogP contribution in [-0.2, 0) is 25.7 Å². The van der Waals surface area contributed by atoms with E-state index in [1.165, 1.54) is 4.57 Å². The first-order chi connectivity index (χ1) is 11.4. The normalized spacial score (nSPS) is 14.3. The largest absolute Gasteiger partial charge is 0.435 e. The van der Waals surface area contributed by atoms with Crippen LogP contribution in [0.15, 0.2) is 24.3 Å². The molecule has 3 rings (SSSR count). The van der Waals surface area contributed by atoms with Gasteiger partial charge in [0.2, 0.25) is 0 Å². The molecule has 2 heterocycles. The highest BCUT2D eigenvalue weighted by molar-refractivity contribution is 6.04. The quantitative estimate of drug-likeness (QED) is 0.904. The van der Waals surface area contributed by atoms with Gasteiger partial charge < -0.3 is 15.6 Å². The summed E-state index contributed by atoms with van der Waals surface area (Å²) >= 11 is 0.